The quantitative estimate of drug-likeness (QED) is 0.813. The van der Waals surface area contributed by atoms with Gasteiger partial charge in [-0.1, -0.05) is 13.8 Å². The predicted octanol–water partition coefficient (Wildman–Crippen LogP) is 2.76. The molecule has 1 rings (SSSR count). The SMILES string of the molecule is CCC(CC)(CCO)CNC(=O)c1c(F)cc(C#N)cc1F. The third kappa shape index (κ3) is 4.01. The van der Waals surface area contributed by atoms with Crippen molar-refractivity contribution in [3.05, 3.63) is 34.9 Å². The molecule has 2 N–H and O–H groups in total. The van der Waals surface area contributed by atoms with Crippen LogP contribution in [0.5, 0.6) is 0 Å². The number of nitriles is 1. The first-order chi connectivity index (χ1) is 10.4. The number of carbonyl (C=O) groups is 1. The molecule has 4 nitrogen and oxygen atoms in total. The fourth-order valence-electron chi connectivity index (χ4n) is 2.39. The molecular formula is C16H20F2N2O2. The van der Waals surface area contributed by atoms with E-state index in [4.69, 9.17) is 10.4 Å². The Morgan fingerprint density at radius 2 is 1.86 bits per heavy atom. The monoisotopic (exact) mass is 310 g/mol. The van der Waals surface area contributed by atoms with Gasteiger partial charge in [0.25, 0.3) is 5.91 Å². The summed E-state index contributed by atoms with van der Waals surface area (Å²) in [5.41, 5.74) is -1.17. The number of rotatable bonds is 7. The molecule has 0 saturated heterocycles. The first kappa shape index (κ1) is 18.1. The van der Waals surface area contributed by atoms with Gasteiger partial charge >= 0.3 is 0 Å². The molecule has 1 amide bonds. The highest BCUT2D eigenvalue weighted by molar-refractivity contribution is 5.94. The lowest BCUT2D eigenvalue weighted by atomic mass is 9.79. The number of nitrogens with one attached hydrogen (secondary N) is 1. The number of aliphatic hydroxyl groups excluding tert-OH is 1. The zero-order valence-corrected chi connectivity index (χ0v) is 12.7. The van der Waals surface area contributed by atoms with Crippen LogP contribution >= 0.6 is 0 Å². The van der Waals surface area contributed by atoms with Crippen LogP contribution < -0.4 is 5.32 Å². The molecule has 0 atom stereocenters. The molecule has 0 radical (unpaired) electrons. The minimum absolute atomic E-state index is 0.0167. The topological polar surface area (TPSA) is 73.1 Å². The third-order valence-corrected chi connectivity index (χ3v) is 4.16. The molecule has 22 heavy (non-hydrogen) atoms. The number of nitrogens with zero attached hydrogens (tertiary/aromatic N) is 1. The van der Waals surface area contributed by atoms with E-state index in [9.17, 15) is 13.6 Å². The summed E-state index contributed by atoms with van der Waals surface area (Å²) in [4.78, 5) is 12.0. The number of carbonyl (C=O) groups excluding carboxylic acids is 1. The van der Waals surface area contributed by atoms with Crippen molar-refractivity contribution in [3.63, 3.8) is 0 Å². The Morgan fingerprint density at radius 1 is 1.32 bits per heavy atom. The van der Waals surface area contributed by atoms with Gasteiger partial charge in [-0.2, -0.15) is 5.26 Å². The highest BCUT2D eigenvalue weighted by Gasteiger charge is 2.27. The van der Waals surface area contributed by atoms with E-state index in [2.05, 4.69) is 5.32 Å². The van der Waals surface area contributed by atoms with Crippen LogP contribution in [0.1, 0.15) is 49.0 Å². The van der Waals surface area contributed by atoms with Gasteiger partial charge in [0.2, 0.25) is 0 Å². The van der Waals surface area contributed by atoms with Gasteiger partial charge in [0.15, 0.2) is 0 Å². The van der Waals surface area contributed by atoms with Gasteiger partial charge in [0, 0.05) is 13.2 Å². The number of amides is 1. The average Bonchev–Trinajstić information content (AvgIpc) is 2.50. The van der Waals surface area contributed by atoms with E-state index < -0.39 is 23.1 Å². The van der Waals surface area contributed by atoms with Gasteiger partial charge < -0.3 is 10.4 Å². The van der Waals surface area contributed by atoms with Crippen LogP contribution in [-0.4, -0.2) is 24.2 Å². The van der Waals surface area contributed by atoms with Crippen molar-refractivity contribution in [2.24, 2.45) is 5.41 Å². The molecule has 0 heterocycles. The summed E-state index contributed by atoms with van der Waals surface area (Å²) in [7, 11) is 0. The van der Waals surface area contributed by atoms with Crippen molar-refractivity contribution in [2.45, 2.75) is 33.1 Å². The van der Waals surface area contributed by atoms with E-state index >= 15 is 0 Å². The molecule has 0 aliphatic heterocycles. The molecule has 1 aromatic carbocycles. The molecule has 0 aliphatic rings. The van der Waals surface area contributed by atoms with Gasteiger partial charge in [-0.3, -0.25) is 4.79 Å². The predicted molar refractivity (Wildman–Crippen MR) is 78.1 cm³/mol. The van der Waals surface area contributed by atoms with E-state index in [1.807, 2.05) is 13.8 Å². The molecule has 0 unspecified atom stereocenters. The standard InChI is InChI=1S/C16H20F2N2O2/c1-3-16(4-2,5-6-21)10-20-15(22)14-12(17)7-11(9-19)8-13(14)18/h7-8,21H,3-6,10H2,1-2H3,(H,20,22). The second-order valence-corrected chi connectivity index (χ2v) is 5.29. The summed E-state index contributed by atoms with van der Waals surface area (Å²) in [5, 5.41) is 20.3. The molecular weight excluding hydrogens is 290 g/mol. The van der Waals surface area contributed by atoms with Crippen LogP contribution in [0.25, 0.3) is 0 Å². The minimum atomic E-state index is -1.06. The van der Waals surface area contributed by atoms with Crippen molar-refractivity contribution in [2.75, 3.05) is 13.2 Å². The number of halogens is 2. The van der Waals surface area contributed by atoms with Crippen LogP contribution in [0.3, 0.4) is 0 Å². The van der Waals surface area contributed by atoms with Crippen LogP contribution in [0, 0.1) is 28.4 Å². The van der Waals surface area contributed by atoms with Crippen LogP contribution in [0.15, 0.2) is 12.1 Å². The van der Waals surface area contributed by atoms with E-state index in [1.54, 1.807) is 6.07 Å². The minimum Gasteiger partial charge on any atom is -0.396 e. The summed E-state index contributed by atoms with van der Waals surface area (Å²) in [6.45, 7) is 4.08. The fraction of sp³-hybridized carbons (Fsp3) is 0.500. The zero-order chi connectivity index (χ0) is 16.8. The molecule has 120 valence electrons. The molecule has 0 saturated carbocycles. The maximum atomic E-state index is 13.8. The lowest BCUT2D eigenvalue weighted by molar-refractivity contribution is 0.0899. The molecule has 6 heteroatoms. The van der Waals surface area contributed by atoms with Gasteiger partial charge in [0.05, 0.1) is 11.6 Å². The Bertz CT molecular complexity index is 555. The van der Waals surface area contributed by atoms with Crippen LogP contribution in [0.4, 0.5) is 8.78 Å². The molecule has 1 aromatic rings. The van der Waals surface area contributed by atoms with E-state index in [1.165, 1.54) is 0 Å². The maximum Gasteiger partial charge on any atom is 0.257 e. The smallest absolute Gasteiger partial charge is 0.257 e. The first-order valence-electron chi connectivity index (χ1n) is 7.21. The highest BCUT2D eigenvalue weighted by atomic mass is 19.1. The van der Waals surface area contributed by atoms with E-state index in [-0.39, 0.29) is 24.1 Å². The van der Waals surface area contributed by atoms with Crippen molar-refractivity contribution in [1.82, 2.24) is 5.32 Å². The van der Waals surface area contributed by atoms with E-state index in [0.29, 0.717) is 6.42 Å². The first-order valence-corrected chi connectivity index (χ1v) is 7.21. The summed E-state index contributed by atoms with van der Waals surface area (Å²) in [6.07, 6.45) is 1.95. The van der Waals surface area contributed by atoms with Gasteiger partial charge in [-0.05, 0) is 36.8 Å². The molecule has 0 fully saturated rings. The third-order valence-electron chi connectivity index (χ3n) is 4.16. The lowest BCUT2D eigenvalue weighted by Gasteiger charge is -2.31. The second kappa shape index (κ2) is 7.85. The Hall–Kier alpha value is -2.00. The fourth-order valence-corrected chi connectivity index (χ4v) is 2.39. The highest BCUT2D eigenvalue weighted by Crippen LogP contribution is 2.29. The van der Waals surface area contributed by atoms with Crippen molar-refractivity contribution >= 4 is 5.91 Å². The number of hydrogen-bond donors (Lipinski definition) is 2. The molecule has 0 aromatic heterocycles. The molecule has 0 aliphatic carbocycles. The normalized spacial score (nSPS) is 11.1. The Labute approximate surface area is 128 Å². The maximum absolute atomic E-state index is 13.8. The van der Waals surface area contributed by atoms with Crippen LogP contribution in [0.2, 0.25) is 0 Å². The van der Waals surface area contributed by atoms with Gasteiger partial charge in [-0.15, -0.1) is 0 Å². The number of aliphatic hydroxyl groups is 1. The summed E-state index contributed by atoms with van der Waals surface area (Å²) in [6, 6.07) is 3.29. The summed E-state index contributed by atoms with van der Waals surface area (Å²) >= 11 is 0. The van der Waals surface area contributed by atoms with Crippen molar-refractivity contribution in [1.29, 1.82) is 5.26 Å². The summed E-state index contributed by atoms with van der Waals surface area (Å²) < 4.78 is 27.6. The van der Waals surface area contributed by atoms with Crippen molar-refractivity contribution in [3.8, 4) is 6.07 Å². The molecule has 0 spiro atoms. The average molecular weight is 310 g/mol. The number of hydrogen-bond acceptors (Lipinski definition) is 3. The largest absolute Gasteiger partial charge is 0.396 e. The Kier molecular flexibility index (Phi) is 6.44. The Morgan fingerprint density at radius 3 is 2.27 bits per heavy atom. The number of benzene rings is 1. The van der Waals surface area contributed by atoms with Gasteiger partial charge in [0.1, 0.15) is 17.2 Å². The van der Waals surface area contributed by atoms with E-state index in [0.717, 1.165) is 25.0 Å². The van der Waals surface area contributed by atoms with Crippen LogP contribution in [-0.2, 0) is 0 Å². The Balaban J connectivity index is 2.92. The second-order valence-electron chi connectivity index (χ2n) is 5.29. The molecule has 0 bridgehead atoms. The van der Waals surface area contributed by atoms with Gasteiger partial charge in [-0.25, -0.2) is 8.78 Å². The van der Waals surface area contributed by atoms with Crippen molar-refractivity contribution < 1.29 is 18.7 Å². The summed E-state index contributed by atoms with van der Waals surface area (Å²) in [5.74, 6) is -2.98. The lowest BCUT2D eigenvalue weighted by Crippen LogP contribution is -2.38. The zero-order valence-electron chi connectivity index (χ0n) is 12.7.